The molecule has 106 valence electrons. The highest BCUT2D eigenvalue weighted by atomic mass is 16.5. The van der Waals surface area contributed by atoms with E-state index in [1.54, 1.807) is 13.0 Å². The van der Waals surface area contributed by atoms with E-state index >= 15 is 0 Å². The van der Waals surface area contributed by atoms with Gasteiger partial charge in [-0.3, -0.25) is 4.98 Å². The molecule has 0 radical (unpaired) electrons. The van der Waals surface area contributed by atoms with Crippen LogP contribution in [-0.4, -0.2) is 34.8 Å². The van der Waals surface area contributed by atoms with Crippen molar-refractivity contribution in [2.45, 2.75) is 40.2 Å². The summed E-state index contributed by atoms with van der Waals surface area (Å²) < 4.78 is 5.59. The van der Waals surface area contributed by atoms with Crippen LogP contribution in [0.1, 0.15) is 42.5 Å². The van der Waals surface area contributed by atoms with Crippen molar-refractivity contribution in [3.8, 4) is 0 Å². The molecular formula is C14H22N2O3. The molecule has 19 heavy (non-hydrogen) atoms. The maximum absolute atomic E-state index is 11.3. The fourth-order valence-electron chi connectivity index (χ4n) is 1.99. The molecule has 0 aliphatic rings. The van der Waals surface area contributed by atoms with Crippen LogP contribution in [0.4, 0.5) is 5.69 Å². The average molecular weight is 266 g/mol. The maximum atomic E-state index is 11.3. The van der Waals surface area contributed by atoms with Crippen LogP contribution in [0, 0.1) is 13.8 Å². The van der Waals surface area contributed by atoms with Crippen LogP contribution >= 0.6 is 0 Å². The Balaban J connectivity index is 2.97. The van der Waals surface area contributed by atoms with Crippen molar-refractivity contribution < 1.29 is 14.6 Å². The largest absolute Gasteiger partial charge is 0.478 e. The van der Waals surface area contributed by atoms with Crippen molar-refractivity contribution in [3.63, 3.8) is 0 Å². The Labute approximate surface area is 114 Å². The number of carbonyl (C=O) groups is 1. The van der Waals surface area contributed by atoms with Gasteiger partial charge < -0.3 is 15.2 Å². The summed E-state index contributed by atoms with van der Waals surface area (Å²) in [5, 5.41) is 12.4. The van der Waals surface area contributed by atoms with Gasteiger partial charge in [0.1, 0.15) is 5.56 Å². The van der Waals surface area contributed by atoms with Crippen molar-refractivity contribution in [1.82, 2.24) is 4.98 Å². The number of ether oxygens (including phenoxy) is 1. The lowest BCUT2D eigenvalue weighted by Crippen LogP contribution is -2.33. The summed E-state index contributed by atoms with van der Waals surface area (Å²) in [5.74, 6) is -0.971. The molecule has 0 aliphatic heterocycles. The zero-order chi connectivity index (χ0) is 14.6. The summed E-state index contributed by atoms with van der Waals surface area (Å²) in [6.07, 6.45) is 0. The Morgan fingerprint density at radius 1 is 1.47 bits per heavy atom. The molecule has 2 N–H and O–H groups in total. The molecule has 0 aliphatic carbocycles. The highest BCUT2D eigenvalue weighted by molar-refractivity contribution is 5.95. The smallest absolute Gasteiger partial charge is 0.339 e. The Morgan fingerprint density at radius 3 is 2.63 bits per heavy atom. The number of nitrogens with one attached hydrogen (secondary N) is 1. The summed E-state index contributed by atoms with van der Waals surface area (Å²) in [6.45, 7) is 10.6. The molecule has 0 atom stereocenters. The van der Waals surface area contributed by atoms with Crippen LogP contribution in [0.3, 0.4) is 0 Å². The lowest BCUT2D eigenvalue weighted by atomic mass is 10.1. The first kappa shape index (κ1) is 15.4. The zero-order valence-corrected chi connectivity index (χ0v) is 12.2. The number of nitrogens with zero attached hydrogens (tertiary/aromatic N) is 1. The van der Waals surface area contributed by atoms with Gasteiger partial charge in [-0.05, 0) is 40.7 Å². The zero-order valence-electron chi connectivity index (χ0n) is 12.2. The standard InChI is InChI=1S/C14H22N2O3/c1-6-19-14(4,5)8-15-11-7-9(2)16-10(3)12(11)13(17)18/h7H,6,8H2,1-5H3,(H,15,16)(H,17,18). The van der Waals surface area contributed by atoms with Gasteiger partial charge in [-0.15, -0.1) is 0 Å². The second-order valence-electron chi connectivity index (χ2n) is 5.12. The van der Waals surface area contributed by atoms with Gasteiger partial charge in [0.2, 0.25) is 0 Å². The van der Waals surface area contributed by atoms with Crippen LogP contribution in [-0.2, 0) is 4.74 Å². The SMILES string of the molecule is CCOC(C)(C)CNc1cc(C)nc(C)c1C(=O)O. The van der Waals surface area contributed by atoms with Crippen molar-refractivity contribution in [2.24, 2.45) is 0 Å². The van der Waals surface area contributed by atoms with E-state index in [9.17, 15) is 9.90 Å². The number of anilines is 1. The van der Waals surface area contributed by atoms with Crippen molar-refractivity contribution in [1.29, 1.82) is 0 Å². The van der Waals surface area contributed by atoms with Crippen molar-refractivity contribution in [3.05, 3.63) is 23.0 Å². The van der Waals surface area contributed by atoms with E-state index in [4.69, 9.17) is 4.74 Å². The van der Waals surface area contributed by atoms with Gasteiger partial charge >= 0.3 is 5.97 Å². The van der Waals surface area contributed by atoms with Crippen LogP contribution in [0.25, 0.3) is 0 Å². The average Bonchev–Trinajstić information content (AvgIpc) is 2.24. The van der Waals surface area contributed by atoms with E-state index in [0.717, 1.165) is 5.69 Å². The molecule has 0 bridgehead atoms. The fourth-order valence-corrected chi connectivity index (χ4v) is 1.99. The Bertz CT molecular complexity index is 470. The van der Waals surface area contributed by atoms with Crippen LogP contribution in [0.2, 0.25) is 0 Å². The third kappa shape index (κ3) is 4.21. The molecular weight excluding hydrogens is 244 g/mol. The number of carboxylic acids is 1. The number of carboxylic acid groups (broad SMARTS) is 1. The number of pyridine rings is 1. The molecule has 0 unspecified atom stereocenters. The first-order chi connectivity index (χ1) is 8.76. The Hall–Kier alpha value is -1.62. The van der Waals surface area contributed by atoms with E-state index in [1.165, 1.54) is 0 Å². The number of aromatic carboxylic acids is 1. The summed E-state index contributed by atoms with van der Waals surface area (Å²) in [7, 11) is 0. The molecule has 0 amide bonds. The molecule has 0 fully saturated rings. The Morgan fingerprint density at radius 2 is 2.11 bits per heavy atom. The van der Waals surface area contributed by atoms with Crippen LogP contribution < -0.4 is 5.32 Å². The lowest BCUT2D eigenvalue weighted by Gasteiger charge is -2.26. The molecule has 1 aromatic rings. The number of hydrogen-bond donors (Lipinski definition) is 2. The molecule has 0 saturated heterocycles. The van der Waals surface area contributed by atoms with E-state index in [1.807, 2.05) is 27.7 Å². The quantitative estimate of drug-likeness (QED) is 0.828. The van der Waals surface area contributed by atoms with Gasteiger partial charge in [-0.1, -0.05) is 0 Å². The second kappa shape index (κ2) is 6.02. The number of rotatable bonds is 6. The topological polar surface area (TPSA) is 71.5 Å². The van der Waals surface area contributed by atoms with Gasteiger partial charge in [0.25, 0.3) is 0 Å². The first-order valence-corrected chi connectivity index (χ1v) is 6.36. The summed E-state index contributed by atoms with van der Waals surface area (Å²) in [4.78, 5) is 15.5. The third-order valence-corrected chi connectivity index (χ3v) is 2.78. The molecule has 1 aromatic heterocycles. The summed E-state index contributed by atoms with van der Waals surface area (Å²) in [6, 6.07) is 1.75. The molecule has 0 spiro atoms. The van der Waals surface area contributed by atoms with Gasteiger partial charge in [0.05, 0.1) is 17.0 Å². The highest BCUT2D eigenvalue weighted by Crippen LogP contribution is 2.21. The predicted octanol–water partition coefficient (Wildman–Crippen LogP) is 2.62. The molecule has 0 aromatic carbocycles. The molecule has 1 heterocycles. The maximum Gasteiger partial charge on any atom is 0.339 e. The third-order valence-electron chi connectivity index (χ3n) is 2.78. The lowest BCUT2D eigenvalue weighted by molar-refractivity contribution is 0.000654. The van der Waals surface area contributed by atoms with Crippen LogP contribution in [0.15, 0.2) is 6.07 Å². The highest BCUT2D eigenvalue weighted by Gasteiger charge is 2.20. The van der Waals surface area contributed by atoms with Crippen molar-refractivity contribution >= 4 is 11.7 Å². The van der Waals surface area contributed by atoms with Gasteiger partial charge in [-0.25, -0.2) is 4.79 Å². The normalized spacial score (nSPS) is 11.4. The molecule has 5 nitrogen and oxygen atoms in total. The number of hydrogen-bond acceptors (Lipinski definition) is 4. The molecule has 1 rings (SSSR count). The first-order valence-electron chi connectivity index (χ1n) is 6.36. The van der Waals surface area contributed by atoms with Crippen LogP contribution in [0.5, 0.6) is 0 Å². The molecule has 0 saturated carbocycles. The number of aromatic nitrogens is 1. The summed E-state index contributed by atoms with van der Waals surface area (Å²) >= 11 is 0. The van der Waals surface area contributed by atoms with E-state index in [-0.39, 0.29) is 11.2 Å². The van der Waals surface area contributed by atoms with Gasteiger partial charge in [0.15, 0.2) is 0 Å². The van der Waals surface area contributed by atoms with E-state index in [2.05, 4.69) is 10.3 Å². The van der Waals surface area contributed by atoms with Gasteiger partial charge in [0, 0.05) is 18.8 Å². The van der Waals surface area contributed by atoms with Crippen molar-refractivity contribution in [2.75, 3.05) is 18.5 Å². The predicted molar refractivity (Wildman–Crippen MR) is 74.9 cm³/mol. The second-order valence-corrected chi connectivity index (χ2v) is 5.12. The molecule has 5 heteroatoms. The summed E-state index contributed by atoms with van der Waals surface area (Å²) in [5.41, 5.74) is 1.77. The van der Waals surface area contributed by atoms with E-state index < -0.39 is 5.97 Å². The fraction of sp³-hybridized carbons (Fsp3) is 0.571. The van der Waals surface area contributed by atoms with E-state index in [0.29, 0.717) is 24.5 Å². The minimum Gasteiger partial charge on any atom is -0.478 e. The van der Waals surface area contributed by atoms with Gasteiger partial charge in [-0.2, -0.15) is 0 Å². The minimum absolute atomic E-state index is 0.220. The Kier molecular flexibility index (Phi) is 4.89. The monoisotopic (exact) mass is 266 g/mol. The minimum atomic E-state index is -0.971. The number of aryl methyl sites for hydroxylation is 2.